The molecule has 0 aliphatic heterocycles. The highest BCUT2D eigenvalue weighted by atomic mass is 79.9. The molecule has 0 amide bonds. The summed E-state index contributed by atoms with van der Waals surface area (Å²) in [6.45, 7) is 6.33. The number of hydrogen-bond acceptors (Lipinski definition) is 2. The molecule has 0 saturated heterocycles. The van der Waals surface area contributed by atoms with Crippen molar-refractivity contribution in [3.05, 3.63) is 23.0 Å². The molecule has 0 aliphatic carbocycles. The zero-order valence-corrected chi connectivity index (χ0v) is 10.2. The Bertz CT molecular complexity index is 299. The van der Waals surface area contributed by atoms with Gasteiger partial charge in [-0.05, 0) is 11.6 Å². The van der Waals surface area contributed by atoms with Gasteiger partial charge in [-0.3, -0.25) is 0 Å². The van der Waals surface area contributed by atoms with Crippen LogP contribution >= 0.6 is 27.5 Å². The molecular formula is C9H12BrClN2. The molecule has 1 rings (SSSR count). The molecule has 13 heavy (non-hydrogen) atoms. The highest BCUT2D eigenvalue weighted by Gasteiger charge is 2.28. The molecule has 2 nitrogen and oxygen atoms in total. The van der Waals surface area contributed by atoms with Crippen LogP contribution < -0.4 is 0 Å². The Hall–Kier alpha value is -0.150. The van der Waals surface area contributed by atoms with E-state index in [-0.39, 0.29) is 5.41 Å². The van der Waals surface area contributed by atoms with Gasteiger partial charge in [-0.15, -0.1) is 5.10 Å². The van der Waals surface area contributed by atoms with E-state index in [0.29, 0.717) is 9.98 Å². The first-order valence-corrected chi connectivity index (χ1v) is 5.37. The summed E-state index contributed by atoms with van der Waals surface area (Å²) in [5.41, 5.74) is 0.987. The molecule has 0 aliphatic rings. The third-order valence-corrected chi connectivity index (χ3v) is 3.79. The van der Waals surface area contributed by atoms with Crippen LogP contribution in [0.3, 0.4) is 0 Å². The van der Waals surface area contributed by atoms with Crippen molar-refractivity contribution < 1.29 is 0 Å². The first-order valence-electron chi connectivity index (χ1n) is 4.08. The Kier molecular flexibility index (Phi) is 3.30. The fourth-order valence-corrected chi connectivity index (χ4v) is 1.61. The SMILES string of the molecule is CC(Br)C(C)(C)c1ccnnc1Cl. The van der Waals surface area contributed by atoms with E-state index in [9.17, 15) is 0 Å². The quantitative estimate of drug-likeness (QED) is 0.766. The number of hydrogen-bond donors (Lipinski definition) is 0. The van der Waals surface area contributed by atoms with Gasteiger partial charge >= 0.3 is 0 Å². The van der Waals surface area contributed by atoms with E-state index >= 15 is 0 Å². The second-order valence-electron chi connectivity index (χ2n) is 3.57. The number of nitrogens with zero attached hydrogens (tertiary/aromatic N) is 2. The van der Waals surface area contributed by atoms with Crippen molar-refractivity contribution in [3.63, 3.8) is 0 Å². The largest absolute Gasteiger partial charge is 0.158 e. The number of aromatic nitrogens is 2. The van der Waals surface area contributed by atoms with Crippen LogP contribution in [0, 0.1) is 0 Å². The van der Waals surface area contributed by atoms with Gasteiger partial charge in [-0.2, -0.15) is 5.10 Å². The van der Waals surface area contributed by atoms with Crippen LogP contribution in [0.2, 0.25) is 5.15 Å². The second-order valence-corrected chi connectivity index (χ2v) is 5.30. The molecule has 1 atom stereocenters. The molecule has 1 aromatic rings. The van der Waals surface area contributed by atoms with Crippen LogP contribution in [0.15, 0.2) is 12.3 Å². The van der Waals surface area contributed by atoms with E-state index in [4.69, 9.17) is 11.6 Å². The van der Waals surface area contributed by atoms with E-state index in [1.54, 1.807) is 6.20 Å². The van der Waals surface area contributed by atoms with Crippen LogP contribution in [0.5, 0.6) is 0 Å². The molecule has 0 radical (unpaired) electrons. The molecule has 0 aromatic carbocycles. The van der Waals surface area contributed by atoms with Crippen molar-refractivity contribution in [2.75, 3.05) is 0 Å². The maximum Gasteiger partial charge on any atom is 0.155 e. The Morgan fingerprint density at radius 2 is 2.15 bits per heavy atom. The summed E-state index contributed by atoms with van der Waals surface area (Å²) in [6, 6.07) is 1.91. The van der Waals surface area contributed by atoms with Crippen molar-refractivity contribution in [1.82, 2.24) is 10.2 Å². The second kappa shape index (κ2) is 3.93. The van der Waals surface area contributed by atoms with Gasteiger partial charge in [0.05, 0.1) is 0 Å². The van der Waals surface area contributed by atoms with Gasteiger partial charge in [0.2, 0.25) is 0 Å². The van der Waals surface area contributed by atoms with Gasteiger partial charge in [0.1, 0.15) is 0 Å². The van der Waals surface area contributed by atoms with E-state index in [2.05, 4.69) is 46.9 Å². The van der Waals surface area contributed by atoms with E-state index in [1.165, 1.54) is 0 Å². The van der Waals surface area contributed by atoms with Crippen molar-refractivity contribution in [2.24, 2.45) is 0 Å². The van der Waals surface area contributed by atoms with E-state index in [0.717, 1.165) is 5.56 Å². The van der Waals surface area contributed by atoms with Gasteiger partial charge in [0, 0.05) is 16.4 Å². The molecule has 0 N–H and O–H groups in total. The number of rotatable bonds is 2. The summed E-state index contributed by atoms with van der Waals surface area (Å²) in [4.78, 5) is 0.335. The predicted octanol–water partition coefficient (Wildman–Crippen LogP) is 3.19. The van der Waals surface area contributed by atoms with Gasteiger partial charge in [-0.1, -0.05) is 48.3 Å². The minimum absolute atomic E-state index is 0.0347. The van der Waals surface area contributed by atoms with Crippen LogP contribution in [0.1, 0.15) is 26.3 Å². The fraction of sp³-hybridized carbons (Fsp3) is 0.556. The van der Waals surface area contributed by atoms with Gasteiger partial charge in [0.25, 0.3) is 0 Å². The van der Waals surface area contributed by atoms with Gasteiger partial charge < -0.3 is 0 Å². The summed E-state index contributed by atoms with van der Waals surface area (Å²) < 4.78 is 0. The average molecular weight is 264 g/mol. The molecule has 0 spiro atoms. The van der Waals surface area contributed by atoms with Crippen LogP contribution in [0.25, 0.3) is 0 Å². The lowest BCUT2D eigenvalue weighted by Gasteiger charge is -2.28. The first kappa shape index (κ1) is 10.9. The molecule has 0 bridgehead atoms. The van der Waals surface area contributed by atoms with Crippen LogP contribution in [-0.2, 0) is 5.41 Å². The smallest absolute Gasteiger partial charge is 0.155 e. The Morgan fingerprint density at radius 3 is 2.62 bits per heavy atom. The Balaban J connectivity index is 3.14. The molecule has 4 heteroatoms. The summed E-state index contributed by atoms with van der Waals surface area (Å²) in [5, 5.41) is 8.03. The maximum atomic E-state index is 5.96. The third kappa shape index (κ3) is 2.20. The van der Waals surface area contributed by atoms with Crippen LogP contribution in [-0.4, -0.2) is 15.0 Å². The monoisotopic (exact) mass is 262 g/mol. The summed E-state index contributed by atoms with van der Waals surface area (Å²) in [7, 11) is 0. The number of alkyl halides is 1. The van der Waals surface area contributed by atoms with Gasteiger partial charge in [-0.25, -0.2) is 0 Å². The summed E-state index contributed by atoms with van der Waals surface area (Å²) >= 11 is 9.52. The lowest BCUT2D eigenvalue weighted by Crippen LogP contribution is -2.27. The molecule has 0 fully saturated rings. The molecule has 72 valence electrons. The molecular weight excluding hydrogens is 251 g/mol. The molecule has 1 aromatic heterocycles. The average Bonchev–Trinajstić information content (AvgIpc) is 2.04. The first-order chi connectivity index (χ1) is 5.96. The summed E-state index contributed by atoms with van der Waals surface area (Å²) in [6.07, 6.45) is 1.67. The fourth-order valence-electron chi connectivity index (χ4n) is 1.01. The van der Waals surface area contributed by atoms with E-state index in [1.807, 2.05) is 6.07 Å². The van der Waals surface area contributed by atoms with Crippen molar-refractivity contribution >= 4 is 27.5 Å². The highest BCUT2D eigenvalue weighted by molar-refractivity contribution is 9.09. The van der Waals surface area contributed by atoms with Crippen LogP contribution in [0.4, 0.5) is 0 Å². The van der Waals surface area contributed by atoms with Crippen molar-refractivity contribution in [2.45, 2.75) is 31.0 Å². The number of halogens is 2. The topological polar surface area (TPSA) is 25.8 Å². The third-order valence-electron chi connectivity index (χ3n) is 2.36. The zero-order chi connectivity index (χ0) is 10.1. The zero-order valence-electron chi connectivity index (χ0n) is 7.88. The standard InChI is InChI=1S/C9H12BrClN2/c1-6(10)9(2,3)7-4-5-12-13-8(7)11/h4-6H,1-3H3. The molecule has 1 unspecified atom stereocenters. The van der Waals surface area contributed by atoms with Crippen molar-refractivity contribution in [3.8, 4) is 0 Å². The van der Waals surface area contributed by atoms with E-state index < -0.39 is 0 Å². The molecule has 1 heterocycles. The predicted molar refractivity (Wildman–Crippen MR) is 58.5 cm³/mol. The Labute approximate surface area is 91.8 Å². The molecule has 0 saturated carbocycles. The minimum atomic E-state index is -0.0347. The normalized spacial score (nSPS) is 14.2. The highest BCUT2D eigenvalue weighted by Crippen LogP contribution is 2.34. The van der Waals surface area contributed by atoms with Gasteiger partial charge in [0.15, 0.2) is 5.15 Å². The lowest BCUT2D eigenvalue weighted by atomic mass is 9.83. The Morgan fingerprint density at radius 1 is 1.54 bits per heavy atom. The lowest BCUT2D eigenvalue weighted by molar-refractivity contribution is 0.523. The summed E-state index contributed by atoms with van der Waals surface area (Å²) in [5.74, 6) is 0. The van der Waals surface area contributed by atoms with Crippen molar-refractivity contribution in [1.29, 1.82) is 0 Å². The minimum Gasteiger partial charge on any atom is -0.158 e. The maximum absolute atomic E-state index is 5.96.